The average Bonchev–Trinajstić information content (AvgIpc) is 2.52. The molecule has 0 aliphatic heterocycles. The number of thioether (sulfide) groups is 1. The van der Waals surface area contributed by atoms with Gasteiger partial charge in [-0.3, -0.25) is 0 Å². The van der Waals surface area contributed by atoms with Crippen molar-refractivity contribution in [2.75, 3.05) is 11.5 Å². The first-order valence-electron chi connectivity index (χ1n) is 6.25. The minimum atomic E-state index is -1.14. The molecule has 8 heteroatoms. The van der Waals surface area contributed by atoms with E-state index in [0.717, 1.165) is 5.56 Å². The normalized spacial score (nSPS) is 12.5. The van der Waals surface area contributed by atoms with Crippen molar-refractivity contribution in [3.8, 4) is 0 Å². The molecule has 0 heterocycles. The summed E-state index contributed by atoms with van der Waals surface area (Å²) in [6.45, 7) is 0.0764. The van der Waals surface area contributed by atoms with Gasteiger partial charge in [-0.1, -0.05) is 53.5 Å². The van der Waals surface area contributed by atoms with E-state index in [4.69, 9.17) is 33.0 Å². The lowest BCUT2D eigenvalue weighted by Gasteiger charge is -2.14. The number of carboxylic acids is 1. The van der Waals surface area contributed by atoms with Crippen LogP contribution < -0.4 is 5.32 Å². The Morgan fingerprint density at radius 2 is 2.05 bits per heavy atom. The van der Waals surface area contributed by atoms with Crippen molar-refractivity contribution in [1.29, 1.82) is 0 Å². The number of carbonyl (C=O) groups is 2. The maximum atomic E-state index is 11.6. The summed E-state index contributed by atoms with van der Waals surface area (Å²) in [7, 11) is 0. The van der Waals surface area contributed by atoms with Gasteiger partial charge >= 0.3 is 12.1 Å². The van der Waals surface area contributed by atoms with Crippen LogP contribution in [0.4, 0.5) is 4.79 Å². The molecule has 5 nitrogen and oxygen atoms in total. The summed E-state index contributed by atoms with van der Waals surface area (Å²) < 4.78 is 4.98. The van der Waals surface area contributed by atoms with Crippen molar-refractivity contribution in [2.24, 2.45) is 0 Å². The number of alkyl carbamates (subject to hydrolysis) is 1. The number of ether oxygens (including phenoxy) is 1. The summed E-state index contributed by atoms with van der Waals surface area (Å²) in [4.78, 5) is 22.7. The molecule has 1 aromatic carbocycles. The molecule has 1 aromatic rings. The Kier molecular flexibility index (Phi) is 8.81. The molecular weight excluding hydrogens is 349 g/mol. The Balaban J connectivity index is 2.38. The lowest BCUT2D eigenvalue weighted by molar-refractivity contribution is -0.138. The van der Waals surface area contributed by atoms with E-state index in [1.807, 2.05) is 18.2 Å². The Labute approximate surface area is 142 Å². The first-order chi connectivity index (χ1) is 10.5. The number of nitrogens with one attached hydrogen (secondary N) is 1. The van der Waals surface area contributed by atoms with Crippen molar-refractivity contribution in [1.82, 2.24) is 5.32 Å². The molecule has 22 heavy (non-hydrogen) atoms. The molecule has 0 aliphatic carbocycles. The molecule has 0 saturated carbocycles. The molecular formula is C14H15Cl2NO4S. The van der Waals surface area contributed by atoms with E-state index in [1.54, 1.807) is 12.1 Å². The summed E-state index contributed by atoms with van der Waals surface area (Å²) >= 11 is 12.3. The number of amides is 1. The first kappa shape index (κ1) is 18.7. The van der Waals surface area contributed by atoms with Crippen LogP contribution in [0, 0.1) is 0 Å². The van der Waals surface area contributed by atoms with E-state index >= 15 is 0 Å². The van der Waals surface area contributed by atoms with Gasteiger partial charge in [0.25, 0.3) is 0 Å². The number of aliphatic carboxylic acids is 1. The van der Waals surface area contributed by atoms with E-state index in [2.05, 4.69) is 5.32 Å². The van der Waals surface area contributed by atoms with E-state index in [9.17, 15) is 9.59 Å². The van der Waals surface area contributed by atoms with Crippen LogP contribution in [0.5, 0.6) is 0 Å². The van der Waals surface area contributed by atoms with Crippen molar-refractivity contribution in [2.45, 2.75) is 12.6 Å². The molecule has 0 aliphatic rings. The summed E-state index contributed by atoms with van der Waals surface area (Å²) in [5.41, 5.74) is 2.03. The molecule has 0 spiro atoms. The van der Waals surface area contributed by atoms with Crippen molar-refractivity contribution < 1.29 is 19.4 Å². The maximum absolute atomic E-state index is 11.6. The van der Waals surface area contributed by atoms with Gasteiger partial charge in [0, 0.05) is 22.1 Å². The summed E-state index contributed by atoms with van der Waals surface area (Å²) in [5, 5.41) is 11.8. The van der Waals surface area contributed by atoms with E-state index < -0.39 is 18.1 Å². The second-order valence-corrected chi connectivity index (χ2v) is 5.90. The molecule has 0 saturated heterocycles. The van der Waals surface area contributed by atoms with Crippen LogP contribution in [0.2, 0.25) is 0 Å². The zero-order valence-corrected chi connectivity index (χ0v) is 13.8. The standard InChI is InChI=1S/C14H15Cl2NO4S/c15-6-11(16)8-22-9-12(13(18)19)17-14(20)21-7-10-4-2-1-3-5-10/h1-6,12H,7-9H2,(H,17,20)(H,18,19)/b11-6-. The molecule has 2 N–H and O–H groups in total. The predicted molar refractivity (Wildman–Crippen MR) is 88.3 cm³/mol. The maximum Gasteiger partial charge on any atom is 0.408 e. The molecule has 0 aromatic heterocycles. The number of hydrogen-bond donors (Lipinski definition) is 2. The average molecular weight is 364 g/mol. The Bertz CT molecular complexity index is 525. The van der Waals surface area contributed by atoms with Crippen LogP contribution in [-0.2, 0) is 16.1 Å². The highest BCUT2D eigenvalue weighted by Gasteiger charge is 2.20. The number of halogens is 2. The highest BCUT2D eigenvalue weighted by molar-refractivity contribution is 7.99. The van der Waals surface area contributed by atoms with Crippen molar-refractivity contribution in [3.05, 3.63) is 46.5 Å². The second-order valence-electron chi connectivity index (χ2n) is 4.17. The fourth-order valence-electron chi connectivity index (χ4n) is 1.39. The van der Waals surface area contributed by atoms with E-state index in [0.29, 0.717) is 10.8 Å². The Morgan fingerprint density at radius 3 is 2.64 bits per heavy atom. The summed E-state index contributed by atoms with van der Waals surface area (Å²) in [5.74, 6) is -0.623. The zero-order valence-electron chi connectivity index (χ0n) is 11.5. The van der Waals surface area contributed by atoms with Gasteiger partial charge < -0.3 is 15.2 Å². The van der Waals surface area contributed by atoms with Gasteiger partial charge in [-0.25, -0.2) is 9.59 Å². The summed E-state index contributed by atoms with van der Waals surface area (Å²) in [6, 6.07) is 8.04. The van der Waals surface area contributed by atoms with Crippen LogP contribution >= 0.6 is 35.0 Å². The Hall–Kier alpha value is -1.37. The third-order valence-corrected chi connectivity index (χ3v) is 4.31. The van der Waals surface area contributed by atoms with Crippen molar-refractivity contribution in [3.63, 3.8) is 0 Å². The highest BCUT2D eigenvalue weighted by Crippen LogP contribution is 2.13. The molecule has 1 atom stereocenters. The van der Waals surface area contributed by atoms with Gasteiger partial charge in [-0.2, -0.15) is 11.8 Å². The highest BCUT2D eigenvalue weighted by atomic mass is 35.5. The first-order valence-corrected chi connectivity index (χ1v) is 8.22. The number of hydrogen-bond acceptors (Lipinski definition) is 4. The van der Waals surface area contributed by atoms with Crippen LogP contribution in [0.25, 0.3) is 0 Å². The lowest BCUT2D eigenvalue weighted by atomic mass is 10.2. The third-order valence-electron chi connectivity index (χ3n) is 2.45. The third kappa shape index (κ3) is 7.59. The quantitative estimate of drug-likeness (QED) is 0.739. The monoisotopic (exact) mass is 363 g/mol. The van der Waals surface area contributed by atoms with Gasteiger partial charge in [0.15, 0.2) is 0 Å². The molecule has 1 rings (SSSR count). The van der Waals surface area contributed by atoms with E-state index in [1.165, 1.54) is 17.3 Å². The topological polar surface area (TPSA) is 75.6 Å². The predicted octanol–water partition coefficient (Wildman–Crippen LogP) is 3.42. The minimum absolute atomic E-state index is 0.0764. The van der Waals surface area contributed by atoms with Gasteiger partial charge in [-0.05, 0) is 5.56 Å². The summed E-state index contributed by atoms with van der Waals surface area (Å²) in [6.07, 6.45) is -0.782. The lowest BCUT2D eigenvalue weighted by Crippen LogP contribution is -2.42. The largest absolute Gasteiger partial charge is 0.480 e. The van der Waals surface area contributed by atoms with Crippen LogP contribution in [0.1, 0.15) is 5.56 Å². The fourth-order valence-corrected chi connectivity index (χ4v) is 2.65. The molecule has 1 amide bonds. The van der Waals surface area contributed by atoms with Gasteiger partial charge in [0.05, 0.1) is 0 Å². The van der Waals surface area contributed by atoms with E-state index in [-0.39, 0.29) is 12.4 Å². The number of carboxylic acid groups (broad SMARTS) is 1. The number of benzene rings is 1. The van der Waals surface area contributed by atoms with Crippen molar-refractivity contribution >= 4 is 47.0 Å². The fraction of sp³-hybridized carbons (Fsp3) is 0.286. The molecule has 0 bridgehead atoms. The smallest absolute Gasteiger partial charge is 0.408 e. The van der Waals surface area contributed by atoms with Gasteiger partial charge in [-0.15, -0.1) is 0 Å². The van der Waals surface area contributed by atoms with Crippen LogP contribution in [0.3, 0.4) is 0 Å². The number of carbonyl (C=O) groups excluding carboxylic acids is 1. The second kappa shape index (κ2) is 10.4. The van der Waals surface area contributed by atoms with Gasteiger partial charge in [0.1, 0.15) is 12.6 Å². The van der Waals surface area contributed by atoms with Crippen LogP contribution in [0.15, 0.2) is 40.9 Å². The molecule has 0 fully saturated rings. The molecule has 120 valence electrons. The minimum Gasteiger partial charge on any atom is -0.480 e. The molecule has 0 radical (unpaired) electrons. The molecule has 1 unspecified atom stereocenters. The Morgan fingerprint density at radius 1 is 1.36 bits per heavy atom. The SMILES string of the molecule is O=C(NC(CSC/C(Cl)=C/Cl)C(=O)O)OCc1ccccc1. The van der Waals surface area contributed by atoms with Gasteiger partial charge in [0.2, 0.25) is 0 Å². The van der Waals surface area contributed by atoms with Crippen LogP contribution in [-0.4, -0.2) is 34.7 Å². The zero-order chi connectivity index (χ0) is 16.4. The number of rotatable bonds is 8.